The van der Waals surface area contributed by atoms with Crippen molar-refractivity contribution in [3.63, 3.8) is 0 Å². The molecule has 0 aliphatic carbocycles. The van der Waals surface area contributed by atoms with Gasteiger partial charge in [-0.05, 0) is 24.3 Å². The molecule has 2 aromatic rings. The van der Waals surface area contributed by atoms with E-state index < -0.39 is 17.8 Å². The number of halogens is 3. The van der Waals surface area contributed by atoms with Gasteiger partial charge in [-0.2, -0.15) is 13.2 Å². The number of amides is 2. The Morgan fingerprint density at radius 1 is 1.24 bits per heavy atom. The van der Waals surface area contributed by atoms with Crippen LogP contribution >= 0.6 is 0 Å². The quantitative estimate of drug-likeness (QED) is 0.921. The van der Waals surface area contributed by atoms with E-state index >= 15 is 0 Å². The lowest BCUT2D eigenvalue weighted by atomic mass is 10.2. The summed E-state index contributed by atoms with van der Waals surface area (Å²) in [6.45, 7) is 0.741. The summed E-state index contributed by atoms with van der Waals surface area (Å²) in [5, 5.41) is 2.48. The van der Waals surface area contributed by atoms with Gasteiger partial charge in [0.15, 0.2) is 0 Å². The van der Waals surface area contributed by atoms with Crippen LogP contribution in [-0.4, -0.2) is 40.1 Å². The summed E-state index contributed by atoms with van der Waals surface area (Å²) in [5.41, 5.74) is -0.718. The van der Waals surface area contributed by atoms with Gasteiger partial charge in [-0.3, -0.25) is 0 Å². The topological polar surface area (TPSA) is 67.4 Å². The first-order valence-corrected chi connectivity index (χ1v) is 7.59. The molecule has 1 fully saturated rings. The first-order valence-electron chi connectivity index (χ1n) is 7.59. The Morgan fingerprint density at radius 2 is 2.00 bits per heavy atom. The Bertz CT molecular complexity index is 740. The number of rotatable bonds is 3. The van der Waals surface area contributed by atoms with E-state index in [0.717, 1.165) is 12.1 Å². The number of aromatic nitrogens is 2. The van der Waals surface area contributed by atoms with Gasteiger partial charge in [-0.15, -0.1) is 0 Å². The second-order valence-corrected chi connectivity index (χ2v) is 5.51. The van der Waals surface area contributed by atoms with Gasteiger partial charge >= 0.3 is 18.2 Å². The average molecular weight is 352 g/mol. The zero-order valence-electron chi connectivity index (χ0n) is 13.0. The molecule has 0 bridgehead atoms. The average Bonchev–Trinajstić information content (AvgIpc) is 3.04. The third-order valence-corrected chi connectivity index (χ3v) is 3.69. The number of urea groups is 1. The highest BCUT2D eigenvalue weighted by Crippen LogP contribution is 2.30. The zero-order valence-corrected chi connectivity index (χ0v) is 13.0. The molecule has 2 heterocycles. The van der Waals surface area contributed by atoms with Crippen LogP contribution in [0.15, 0.2) is 42.7 Å². The Balaban J connectivity index is 1.58. The SMILES string of the molecule is O=C(Nc1cccc(C(F)(F)F)c1)N1CC[C@@H](Oc2ncccn2)C1. The first kappa shape index (κ1) is 17.0. The van der Waals surface area contributed by atoms with Crippen LogP contribution in [0.2, 0.25) is 0 Å². The highest BCUT2D eigenvalue weighted by atomic mass is 19.4. The lowest BCUT2D eigenvalue weighted by Gasteiger charge is -2.18. The van der Waals surface area contributed by atoms with Crippen LogP contribution in [0.5, 0.6) is 6.01 Å². The molecule has 0 spiro atoms. The largest absolute Gasteiger partial charge is 0.458 e. The maximum Gasteiger partial charge on any atom is 0.416 e. The number of hydrogen-bond acceptors (Lipinski definition) is 4. The number of likely N-dealkylation sites (tertiary alicyclic amines) is 1. The Kier molecular flexibility index (Phi) is 4.73. The second kappa shape index (κ2) is 6.96. The summed E-state index contributed by atoms with van der Waals surface area (Å²) in [5.74, 6) is 0. The molecule has 2 amide bonds. The Morgan fingerprint density at radius 3 is 2.72 bits per heavy atom. The monoisotopic (exact) mass is 352 g/mol. The summed E-state index contributed by atoms with van der Waals surface area (Å²) in [6, 6.07) is 5.94. The van der Waals surface area contributed by atoms with Crippen LogP contribution in [0.25, 0.3) is 0 Å². The molecule has 1 aromatic heterocycles. The van der Waals surface area contributed by atoms with E-state index in [1.807, 2.05) is 0 Å². The van der Waals surface area contributed by atoms with Gasteiger partial charge in [0, 0.05) is 31.0 Å². The minimum Gasteiger partial charge on any atom is -0.458 e. The van der Waals surface area contributed by atoms with Crippen molar-refractivity contribution in [1.29, 1.82) is 0 Å². The highest BCUT2D eigenvalue weighted by Gasteiger charge is 2.31. The fourth-order valence-corrected chi connectivity index (χ4v) is 2.48. The normalized spacial score (nSPS) is 17.4. The third kappa shape index (κ3) is 4.37. The first-order chi connectivity index (χ1) is 11.9. The van der Waals surface area contributed by atoms with Crippen LogP contribution in [0.1, 0.15) is 12.0 Å². The molecule has 3 rings (SSSR count). The predicted molar refractivity (Wildman–Crippen MR) is 83.1 cm³/mol. The summed E-state index contributed by atoms with van der Waals surface area (Å²) in [7, 11) is 0. The van der Waals surface area contributed by atoms with Crippen molar-refractivity contribution in [2.75, 3.05) is 18.4 Å². The molecule has 1 aliphatic heterocycles. The van der Waals surface area contributed by atoms with E-state index in [1.165, 1.54) is 17.0 Å². The predicted octanol–water partition coefficient (Wildman–Crippen LogP) is 3.18. The fourth-order valence-electron chi connectivity index (χ4n) is 2.48. The van der Waals surface area contributed by atoms with Crippen molar-refractivity contribution in [2.24, 2.45) is 0 Å². The number of carbonyl (C=O) groups is 1. The number of hydrogen-bond donors (Lipinski definition) is 1. The molecule has 132 valence electrons. The van der Waals surface area contributed by atoms with Crippen LogP contribution < -0.4 is 10.1 Å². The van der Waals surface area contributed by atoms with Crippen molar-refractivity contribution in [3.8, 4) is 6.01 Å². The van der Waals surface area contributed by atoms with Gasteiger partial charge in [-0.1, -0.05) is 6.07 Å². The molecular weight excluding hydrogens is 337 g/mol. The third-order valence-electron chi connectivity index (χ3n) is 3.69. The van der Waals surface area contributed by atoms with E-state index in [4.69, 9.17) is 4.74 Å². The fraction of sp³-hybridized carbons (Fsp3) is 0.312. The molecule has 25 heavy (non-hydrogen) atoms. The standard InChI is InChI=1S/C16H15F3N4O2/c17-16(18,19)11-3-1-4-12(9-11)22-15(24)23-8-5-13(10-23)25-14-20-6-2-7-21-14/h1-4,6-7,9,13H,5,8,10H2,(H,22,24)/t13-/m1/s1. The van der Waals surface area contributed by atoms with Crippen LogP contribution in [0.3, 0.4) is 0 Å². The van der Waals surface area contributed by atoms with Crippen LogP contribution in [-0.2, 0) is 6.18 Å². The number of benzene rings is 1. The van der Waals surface area contributed by atoms with Crippen LogP contribution in [0, 0.1) is 0 Å². The molecule has 1 saturated heterocycles. The molecule has 1 aromatic carbocycles. The molecule has 9 heteroatoms. The summed E-state index contributed by atoms with van der Waals surface area (Å²) in [4.78, 5) is 21.6. The van der Waals surface area contributed by atoms with E-state index in [1.54, 1.807) is 18.5 Å². The molecule has 1 N–H and O–H groups in total. The summed E-state index contributed by atoms with van der Waals surface area (Å²) >= 11 is 0. The lowest BCUT2D eigenvalue weighted by molar-refractivity contribution is -0.137. The van der Waals surface area contributed by atoms with Gasteiger partial charge in [0.25, 0.3) is 0 Å². The molecule has 1 aliphatic rings. The van der Waals surface area contributed by atoms with Gasteiger partial charge in [0.1, 0.15) is 6.10 Å². The minimum absolute atomic E-state index is 0.0931. The van der Waals surface area contributed by atoms with Crippen LogP contribution in [0.4, 0.5) is 23.7 Å². The maximum atomic E-state index is 12.7. The number of alkyl halides is 3. The Labute approximate surface area is 141 Å². The summed E-state index contributed by atoms with van der Waals surface area (Å²) < 4.78 is 43.7. The van der Waals surface area contributed by atoms with Gasteiger partial charge in [-0.25, -0.2) is 14.8 Å². The van der Waals surface area contributed by atoms with E-state index in [2.05, 4.69) is 15.3 Å². The second-order valence-electron chi connectivity index (χ2n) is 5.51. The van der Waals surface area contributed by atoms with E-state index in [-0.39, 0.29) is 17.8 Å². The van der Waals surface area contributed by atoms with Gasteiger partial charge in [0.05, 0.1) is 12.1 Å². The Hall–Kier alpha value is -2.84. The van der Waals surface area contributed by atoms with Crippen molar-refractivity contribution in [2.45, 2.75) is 18.7 Å². The van der Waals surface area contributed by atoms with Crippen molar-refractivity contribution < 1.29 is 22.7 Å². The highest BCUT2D eigenvalue weighted by molar-refractivity contribution is 5.89. The van der Waals surface area contributed by atoms with E-state index in [0.29, 0.717) is 19.5 Å². The number of anilines is 1. The van der Waals surface area contributed by atoms with E-state index in [9.17, 15) is 18.0 Å². The van der Waals surface area contributed by atoms with Crippen molar-refractivity contribution in [1.82, 2.24) is 14.9 Å². The smallest absolute Gasteiger partial charge is 0.416 e. The molecule has 1 atom stereocenters. The van der Waals surface area contributed by atoms with Gasteiger partial charge in [0.2, 0.25) is 0 Å². The number of carbonyl (C=O) groups excluding carboxylic acids is 1. The minimum atomic E-state index is -4.46. The molecular formula is C16H15F3N4O2. The molecule has 0 saturated carbocycles. The van der Waals surface area contributed by atoms with Gasteiger partial charge < -0.3 is 15.0 Å². The number of nitrogens with zero attached hydrogens (tertiary/aromatic N) is 3. The summed E-state index contributed by atoms with van der Waals surface area (Å²) in [6.07, 6.45) is -1.02. The van der Waals surface area contributed by atoms with Crippen molar-refractivity contribution >= 4 is 11.7 Å². The molecule has 0 unspecified atom stereocenters. The molecule has 0 radical (unpaired) electrons. The molecule has 6 nitrogen and oxygen atoms in total. The zero-order chi connectivity index (χ0) is 17.9. The lowest BCUT2D eigenvalue weighted by Crippen LogP contribution is -2.34. The maximum absolute atomic E-state index is 12.7. The van der Waals surface area contributed by atoms with Crippen molar-refractivity contribution in [3.05, 3.63) is 48.3 Å². The number of ether oxygens (including phenoxy) is 1. The number of nitrogens with one attached hydrogen (secondary N) is 1.